The number of benzene rings is 6. The van der Waals surface area contributed by atoms with Gasteiger partial charge in [0.15, 0.2) is 12.4 Å². The minimum Gasteiger partial charge on any atom is -0.365 e. The Kier molecular flexibility index (Phi) is 15.9. The molecule has 0 saturated heterocycles. The molecule has 420 valence electrons. The molecule has 2 N–H and O–H groups in total. The first-order valence-electron chi connectivity index (χ1n) is 21.6. The fourth-order valence-corrected chi connectivity index (χ4v) is 8.55. The number of aromatic nitrogens is 1. The summed E-state index contributed by atoms with van der Waals surface area (Å²) in [5.41, 5.74) is -23.7. The Balaban J connectivity index is 0.000000378. The van der Waals surface area contributed by atoms with Gasteiger partial charge in [0.05, 0.1) is 44.5 Å². The Morgan fingerprint density at radius 1 is 0.367 bits per heavy atom. The Morgan fingerprint density at radius 3 is 0.899 bits per heavy atom. The Hall–Kier alpha value is -7.75. The number of rotatable bonds is 8. The third kappa shape index (κ3) is 13.6. The summed E-state index contributed by atoms with van der Waals surface area (Å²) in [6, 6.07) is 7.74. The molecular formula is C50H27BF24N2O2. The third-order valence-electron chi connectivity index (χ3n) is 12.0. The smallest absolute Gasteiger partial charge is 0.365 e. The molecule has 0 unspecified atom stereocenters. The van der Waals surface area contributed by atoms with E-state index < -0.39 is 201 Å². The summed E-state index contributed by atoms with van der Waals surface area (Å²) in [7, 11) is 0. The second-order valence-electron chi connectivity index (χ2n) is 17.3. The van der Waals surface area contributed by atoms with E-state index in [1.54, 1.807) is 22.9 Å². The van der Waals surface area contributed by atoms with Gasteiger partial charge in [-0.2, -0.15) is 132 Å². The van der Waals surface area contributed by atoms with Gasteiger partial charge in [0.1, 0.15) is 11.7 Å². The van der Waals surface area contributed by atoms with E-state index in [1.807, 2.05) is 48.7 Å². The molecule has 1 aromatic heterocycles. The number of alkyl halides is 24. The Morgan fingerprint density at radius 2 is 0.633 bits per heavy atom. The van der Waals surface area contributed by atoms with Crippen LogP contribution in [0.4, 0.5) is 105 Å². The van der Waals surface area contributed by atoms with Crippen molar-refractivity contribution in [1.82, 2.24) is 0 Å². The molecule has 1 heterocycles. The molecule has 0 bridgehead atoms. The van der Waals surface area contributed by atoms with Gasteiger partial charge >= 0.3 is 49.4 Å². The van der Waals surface area contributed by atoms with Gasteiger partial charge in [0.25, 0.3) is 5.91 Å². The molecule has 0 aliphatic carbocycles. The number of halogens is 24. The summed E-state index contributed by atoms with van der Waals surface area (Å²) in [5, 5.41) is 1.66. The quantitative estimate of drug-likeness (QED) is 0.0713. The van der Waals surface area contributed by atoms with Crippen molar-refractivity contribution in [2.45, 2.75) is 56.0 Å². The lowest BCUT2D eigenvalue weighted by molar-refractivity contribution is -0.681. The van der Waals surface area contributed by atoms with Crippen LogP contribution < -0.4 is 32.2 Å². The molecule has 0 spiro atoms. The summed E-state index contributed by atoms with van der Waals surface area (Å²) >= 11 is 0. The van der Waals surface area contributed by atoms with Crippen LogP contribution in [0.5, 0.6) is 0 Å². The molecule has 0 atom stereocenters. The highest BCUT2D eigenvalue weighted by Crippen LogP contribution is 2.41. The van der Waals surface area contributed by atoms with Gasteiger partial charge in [-0.15, -0.1) is 0 Å². The van der Waals surface area contributed by atoms with Crippen LogP contribution >= 0.6 is 0 Å². The zero-order valence-corrected chi connectivity index (χ0v) is 38.5. The number of amides is 1. The number of nitrogens with two attached hydrogens (primary N) is 1. The molecular weight excluding hydrogens is 1130 g/mol. The van der Waals surface area contributed by atoms with E-state index in [0.717, 1.165) is 10.8 Å². The summed E-state index contributed by atoms with van der Waals surface area (Å²) in [4.78, 5) is 23.9. The predicted octanol–water partition coefficient (Wildman–Crippen LogP) is 13.3. The minimum atomic E-state index is -6.13. The number of hydrogen-bond donors (Lipinski definition) is 1. The lowest BCUT2D eigenvalue weighted by Gasteiger charge is -2.46. The summed E-state index contributed by atoms with van der Waals surface area (Å²) in [6.45, 7) is 0.162. The fourth-order valence-electron chi connectivity index (χ4n) is 8.55. The van der Waals surface area contributed by atoms with E-state index in [2.05, 4.69) is 0 Å². The first-order chi connectivity index (χ1) is 35.9. The molecule has 7 rings (SSSR count). The van der Waals surface area contributed by atoms with Gasteiger partial charge in [-0.1, -0.05) is 97.1 Å². The number of Topliss-reactive ketones (excluding diaryl/α,β-unsaturated/α-hetero) is 1. The number of fused-ring (bicyclic) bond motifs is 1. The van der Waals surface area contributed by atoms with E-state index in [0.29, 0.717) is 11.1 Å². The molecule has 0 aliphatic rings. The second kappa shape index (κ2) is 20.8. The molecule has 29 heteroatoms. The van der Waals surface area contributed by atoms with Gasteiger partial charge in [0.2, 0.25) is 12.3 Å². The maximum Gasteiger partial charge on any atom is 0.416 e. The summed E-state index contributed by atoms with van der Waals surface area (Å²) in [5.74, 6) is -0.519. The van der Waals surface area contributed by atoms with Gasteiger partial charge in [-0.25, -0.2) is 0 Å². The van der Waals surface area contributed by atoms with Crippen molar-refractivity contribution in [2.75, 3.05) is 0 Å². The zero-order valence-electron chi connectivity index (χ0n) is 38.5. The molecule has 0 saturated carbocycles. The van der Waals surface area contributed by atoms with Crippen LogP contribution in [-0.4, -0.2) is 17.8 Å². The van der Waals surface area contributed by atoms with Crippen molar-refractivity contribution in [3.63, 3.8) is 0 Å². The van der Waals surface area contributed by atoms with E-state index in [-0.39, 0.29) is 12.3 Å². The lowest BCUT2D eigenvalue weighted by atomic mass is 9.12. The zero-order chi connectivity index (χ0) is 59.4. The number of carbonyl (C=O) groups is 2. The average molecular weight is 1150 g/mol. The van der Waals surface area contributed by atoms with Crippen LogP contribution in [0.2, 0.25) is 0 Å². The van der Waals surface area contributed by atoms with Gasteiger partial charge in [0, 0.05) is 16.3 Å². The predicted molar refractivity (Wildman–Crippen MR) is 234 cm³/mol. The molecule has 0 aliphatic heterocycles. The molecule has 0 radical (unpaired) electrons. The van der Waals surface area contributed by atoms with Crippen molar-refractivity contribution in [3.05, 3.63) is 195 Å². The molecule has 1 amide bonds. The van der Waals surface area contributed by atoms with Crippen LogP contribution in [0.1, 0.15) is 65.2 Å². The Bertz CT molecular complexity index is 2990. The molecule has 6 aromatic carbocycles. The topological polar surface area (TPSA) is 64.0 Å². The number of pyridine rings is 1. The van der Waals surface area contributed by atoms with Gasteiger partial charge in [-0.05, 0) is 30.3 Å². The van der Waals surface area contributed by atoms with E-state index in [1.165, 1.54) is 0 Å². The highest BCUT2D eigenvalue weighted by molar-refractivity contribution is 7.20. The Labute approximate surface area is 426 Å². The maximum atomic E-state index is 14.2. The number of hydrogen-bond acceptors (Lipinski definition) is 2. The van der Waals surface area contributed by atoms with E-state index >= 15 is 0 Å². The van der Waals surface area contributed by atoms with E-state index in [4.69, 9.17) is 5.73 Å². The van der Waals surface area contributed by atoms with Crippen LogP contribution in [-0.2, 0) is 56.0 Å². The molecule has 4 nitrogen and oxygen atoms in total. The minimum absolute atomic E-state index is 0.0173. The molecule has 0 fully saturated rings. The van der Waals surface area contributed by atoms with Gasteiger partial charge in [-0.3, -0.25) is 9.59 Å². The van der Waals surface area contributed by atoms with E-state index in [9.17, 15) is 115 Å². The van der Waals surface area contributed by atoms with Crippen molar-refractivity contribution >= 4 is 50.5 Å². The van der Waals surface area contributed by atoms with Crippen LogP contribution in [0, 0.1) is 0 Å². The summed E-state index contributed by atoms with van der Waals surface area (Å²) < 4.78 is 343. The number of carbonyl (C=O) groups excluding carboxylic acids is 2. The monoisotopic (exact) mass is 1150 g/mol. The number of primary amides is 1. The molecule has 79 heavy (non-hydrogen) atoms. The van der Waals surface area contributed by atoms with Crippen LogP contribution in [0.3, 0.4) is 0 Å². The highest BCUT2D eigenvalue weighted by Gasteiger charge is 2.47. The number of ketones is 1. The average Bonchev–Trinajstić information content (AvgIpc) is 3.44. The molecule has 7 aromatic rings. The van der Waals surface area contributed by atoms with Crippen molar-refractivity contribution in [2.24, 2.45) is 5.73 Å². The third-order valence-corrected chi connectivity index (χ3v) is 12.0. The highest BCUT2D eigenvalue weighted by atomic mass is 19.4. The maximum absolute atomic E-state index is 14.2. The fraction of sp³-hybridized carbons (Fsp3) is 0.180. The summed E-state index contributed by atoms with van der Waals surface area (Å²) in [6.07, 6.45) is -51.3. The van der Waals surface area contributed by atoms with Crippen molar-refractivity contribution in [3.8, 4) is 0 Å². The van der Waals surface area contributed by atoms with Crippen molar-refractivity contribution < 1.29 is 120 Å². The second-order valence-corrected chi connectivity index (χ2v) is 17.3. The van der Waals surface area contributed by atoms with Crippen LogP contribution in [0.15, 0.2) is 140 Å². The lowest BCUT2D eigenvalue weighted by Crippen LogP contribution is -2.75. The van der Waals surface area contributed by atoms with Crippen LogP contribution in [0.25, 0.3) is 10.8 Å². The standard InChI is InChI=1S/C32H12BF24.C18H14N2O2/c34-25(35,36)13-1-14(26(37,38)39)6-21(5-13)33(22-7-15(27(40,41)42)2-16(8-22)28(43,44)45,23-9-17(29(46,47)48)3-18(10-23)30(49,50)51)24-11-19(31(52,53)54)4-20(12-24)32(55,56)57;19-18(22)16-11-20(10-14-8-4-5-9-15(14)16)12-17(21)13-6-2-1-3-7-13/h1-12H;1-11H,12H2,(H-,19,22)/q-1;/p+1. The normalized spacial score (nSPS) is 13.3. The SMILES string of the molecule is FC(F)(F)c1cc([B-](c2cc(C(F)(F)F)cc(C(F)(F)F)c2)(c2cc(C(F)(F)F)cc(C(F)(F)F)c2)c2cc(C(F)(F)F)cc(C(F)(F)F)c2)cc(C(F)(F)F)c1.NC(=O)c1c[n+](CC(=O)c2ccccc2)cc2ccccc12. The first kappa shape index (κ1) is 60.5. The number of nitrogens with zero attached hydrogens (tertiary/aromatic N) is 1. The first-order valence-corrected chi connectivity index (χ1v) is 21.6. The largest absolute Gasteiger partial charge is 0.416 e. The van der Waals surface area contributed by atoms with Gasteiger partial charge < -0.3 is 5.73 Å². The van der Waals surface area contributed by atoms with Crippen molar-refractivity contribution in [1.29, 1.82) is 0 Å².